The Kier molecular flexibility index (Phi) is 10.1. The Morgan fingerprint density at radius 2 is 1.92 bits per heavy atom. The van der Waals surface area contributed by atoms with Crippen molar-refractivity contribution in [1.29, 1.82) is 0 Å². The Bertz CT molecular complexity index is 205. The summed E-state index contributed by atoms with van der Waals surface area (Å²) in [6, 6.07) is 0. The minimum Gasteiger partial charge on any atom is -0.469 e. The van der Waals surface area contributed by atoms with Gasteiger partial charge in [-0.15, -0.1) is 0 Å². The molecule has 0 aliphatic carbocycles. The maximum atomic E-state index is 10.8. The molecule has 0 fully saturated rings. The van der Waals surface area contributed by atoms with Crippen LogP contribution in [0.3, 0.4) is 0 Å². The van der Waals surface area contributed by atoms with E-state index < -0.39 is 25.6 Å². The summed E-state index contributed by atoms with van der Waals surface area (Å²) < 4.78 is 14.9. The number of rotatable bonds is 5. The van der Waals surface area contributed by atoms with E-state index in [4.69, 9.17) is 5.11 Å². The zero-order valence-electron chi connectivity index (χ0n) is 7.70. The molecule has 0 saturated carbocycles. The van der Waals surface area contributed by atoms with Crippen molar-refractivity contribution in [2.45, 2.75) is 12.8 Å². The molecular formula is C6H11LiO5P. The molecule has 0 rings (SSSR count). The molecule has 0 saturated heterocycles. The van der Waals surface area contributed by atoms with Gasteiger partial charge in [-0.25, -0.2) is 0 Å². The van der Waals surface area contributed by atoms with Gasteiger partial charge in [0.25, 0.3) is 0 Å². The third kappa shape index (κ3) is 7.03. The van der Waals surface area contributed by atoms with Crippen molar-refractivity contribution < 1.29 is 24.0 Å². The summed E-state index contributed by atoms with van der Waals surface area (Å²) in [5.41, 5.74) is -0.562. The van der Waals surface area contributed by atoms with E-state index in [2.05, 4.69) is 4.74 Å². The Morgan fingerprint density at radius 1 is 1.38 bits per heavy atom. The average Bonchev–Trinajstić information content (AvgIpc) is 2.11. The number of hydrogen-bond acceptors (Lipinski definition) is 5. The number of aliphatic hydroxyl groups excluding tert-OH is 1. The van der Waals surface area contributed by atoms with Crippen molar-refractivity contribution in [3.63, 3.8) is 0 Å². The van der Waals surface area contributed by atoms with Gasteiger partial charge in [0.15, 0.2) is 13.3 Å². The van der Waals surface area contributed by atoms with E-state index >= 15 is 0 Å². The normalized spacial score (nSPS) is 11.2. The van der Waals surface area contributed by atoms with Crippen molar-refractivity contribution >= 4 is 38.2 Å². The fourth-order valence-electron chi connectivity index (χ4n) is 0.545. The molecule has 0 aromatic heterocycles. The van der Waals surface area contributed by atoms with E-state index in [0.29, 0.717) is 0 Å². The van der Waals surface area contributed by atoms with Gasteiger partial charge in [-0.2, -0.15) is 0 Å². The quantitative estimate of drug-likeness (QED) is 0.371. The third-order valence-corrected chi connectivity index (χ3v) is 2.40. The molecular weight excluding hydrogens is 190 g/mol. The zero-order valence-corrected chi connectivity index (χ0v) is 8.70. The summed E-state index contributed by atoms with van der Waals surface area (Å²) in [7, 11) is -1.34. The smallest absolute Gasteiger partial charge is 0.305 e. The van der Waals surface area contributed by atoms with Gasteiger partial charge in [-0.1, -0.05) is 0 Å². The van der Waals surface area contributed by atoms with Crippen LogP contribution in [0.2, 0.25) is 0 Å². The molecule has 0 aromatic rings. The topological polar surface area (TPSA) is 80.7 Å². The Labute approximate surface area is 88.8 Å². The molecule has 0 spiro atoms. The molecule has 0 aliphatic heterocycles. The number of aliphatic hydroxyl groups is 1. The second-order valence-electron chi connectivity index (χ2n) is 2.08. The van der Waals surface area contributed by atoms with E-state index in [0.717, 1.165) is 0 Å². The first-order valence-electron chi connectivity index (χ1n) is 3.35. The second-order valence-corrected chi connectivity index (χ2v) is 3.80. The molecule has 5 nitrogen and oxygen atoms in total. The number of esters is 1. The summed E-state index contributed by atoms with van der Waals surface area (Å²) in [6.07, 6.45) is -0.818. The first kappa shape index (κ1) is 15.4. The van der Waals surface area contributed by atoms with Crippen molar-refractivity contribution in [1.82, 2.24) is 0 Å². The summed E-state index contributed by atoms with van der Waals surface area (Å²) >= 11 is 0. The predicted octanol–water partition coefficient (Wildman–Crippen LogP) is -0.405. The molecule has 0 amide bonds. The largest absolute Gasteiger partial charge is 0.469 e. The summed E-state index contributed by atoms with van der Waals surface area (Å²) in [5, 5.41) is 8.32. The summed E-state index contributed by atoms with van der Waals surface area (Å²) in [6.45, 7) is 0. The van der Waals surface area contributed by atoms with Crippen LogP contribution in [-0.4, -0.2) is 48.9 Å². The SMILES string of the molecule is COC(=O)CCC(=O)[PH](=O)CO.[Li]. The fraction of sp³-hybridized carbons (Fsp3) is 0.667. The number of carbonyl (C=O) groups is 2. The van der Waals surface area contributed by atoms with Gasteiger partial charge in [0.05, 0.1) is 13.5 Å². The number of carbonyl (C=O) groups excluding carboxylic acids is 2. The van der Waals surface area contributed by atoms with Gasteiger partial charge in [-0.05, 0) is 0 Å². The van der Waals surface area contributed by atoms with E-state index in [9.17, 15) is 14.2 Å². The van der Waals surface area contributed by atoms with Crippen LogP contribution in [0.5, 0.6) is 0 Å². The molecule has 0 aromatic carbocycles. The van der Waals surface area contributed by atoms with E-state index in [1.54, 1.807) is 0 Å². The molecule has 13 heavy (non-hydrogen) atoms. The molecule has 0 aliphatic rings. The molecule has 1 radical (unpaired) electrons. The monoisotopic (exact) mass is 201 g/mol. The minimum atomic E-state index is -2.55. The second kappa shape index (κ2) is 8.52. The van der Waals surface area contributed by atoms with Gasteiger partial charge >= 0.3 is 5.97 Å². The van der Waals surface area contributed by atoms with Crippen molar-refractivity contribution in [3.8, 4) is 0 Å². The van der Waals surface area contributed by atoms with Gasteiger partial charge in [0.2, 0.25) is 0 Å². The van der Waals surface area contributed by atoms with Crippen LogP contribution in [0.4, 0.5) is 0 Å². The van der Waals surface area contributed by atoms with Crippen LogP contribution in [0.25, 0.3) is 0 Å². The maximum Gasteiger partial charge on any atom is 0.305 e. The van der Waals surface area contributed by atoms with Crippen LogP contribution in [0.1, 0.15) is 12.8 Å². The van der Waals surface area contributed by atoms with Crippen LogP contribution in [0.15, 0.2) is 0 Å². The number of ether oxygens (including phenoxy) is 1. The van der Waals surface area contributed by atoms with E-state index in [1.165, 1.54) is 7.11 Å². The van der Waals surface area contributed by atoms with E-state index in [-0.39, 0.29) is 31.7 Å². The van der Waals surface area contributed by atoms with Gasteiger partial charge < -0.3 is 14.4 Å². The van der Waals surface area contributed by atoms with Crippen LogP contribution in [0, 0.1) is 0 Å². The molecule has 7 heteroatoms. The van der Waals surface area contributed by atoms with Crippen LogP contribution in [-0.2, 0) is 18.9 Å². The van der Waals surface area contributed by atoms with Crippen molar-refractivity contribution in [2.24, 2.45) is 0 Å². The van der Waals surface area contributed by atoms with Crippen molar-refractivity contribution in [2.75, 3.05) is 13.5 Å². The van der Waals surface area contributed by atoms with E-state index in [1.807, 2.05) is 0 Å². The minimum absolute atomic E-state index is 0. The van der Waals surface area contributed by atoms with Gasteiger partial charge in [0.1, 0.15) is 6.35 Å². The Hall–Kier alpha value is -0.0726. The van der Waals surface area contributed by atoms with Crippen LogP contribution >= 0.6 is 7.80 Å². The van der Waals surface area contributed by atoms with Crippen LogP contribution < -0.4 is 0 Å². The zero-order chi connectivity index (χ0) is 9.56. The molecule has 71 valence electrons. The first-order valence-corrected chi connectivity index (χ1v) is 4.97. The molecule has 1 N–H and O–H groups in total. The maximum absolute atomic E-state index is 10.8. The molecule has 0 bridgehead atoms. The predicted molar refractivity (Wildman–Crippen MR) is 48.1 cm³/mol. The third-order valence-electron chi connectivity index (χ3n) is 1.24. The molecule has 1 atom stereocenters. The molecule has 1 unspecified atom stereocenters. The number of hydrogen-bond donors (Lipinski definition) is 1. The van der Waals surface area contributed by atoms with Crippen molar-refractivity contribution in [3.05, 3.63) is 0 Å². The Balaban J connectivity index is 0. The average molecular weight is 201 g/mol. The van der Waals surface area contributed by atoms with Gasteiger partial charge in [0, 0.05) is 25.3 Å². The fourth-order valence-corrected chi connectivity index (χ4v) is 1.13. The Morgan fingerprint density at radius 3 is 2.31 bits per heavy atom. The number of methoxy groups -OCH3 is 1. The first-order chi connectivity index (χ1) is 5.61. The van der Waals surface area contributed by atoms with Gasteiger partial charge in [-0.3, -0.25) is 9.59 Å². The standard InChI is InChI=1S/C6H11O5P.Li/c1-11-5(8)2-3-6(9)12(10)4-7;/h7,12H,2-4H2,1H3;. The summed E-state index contributed by atoms with van der Waals surface area (Å²) in [4.78, 5) is 21.3. The summed E-state index contributed by atoms with van der Waals surface area (Å²) in [5.74, 6) is -0.518. The molecule has 0 heterocycles.